The topological polar surface area (TPSA) is 106 Å². The lowest BCUT2D eigenvalue weighted by Gasteiger charge is -2.34. The molecule has 1 fully saturated rings. The Morgan fingerprint density at radius 3 is 2.63 bits per heavy atom. The van der Waals surface area contributed by atoms with Crippen molar-refractivity contribution in [2.24, 2.45) is 5.73 Å². The number of hydrogen-bond acceptors (Lipinski definition) is 6. The van der Waals surface area contributed by atoms with Gasteiger partial charge in [0.25, 0.3) is 5.91 Å². The van der Waals surface area contributed by atoms with Crippen molar-refractivity contribution in [1.29, 1.82) is 5.26 Å². The molecule has 0 aliphatic carbocycles. The number of nitriles is 1. The zero-order chi connectivity index (χ0) is 14.1. The van der Waals surface area contributed by atoms with Crippen molar-refractivity contribution in [1.82, 2.24) is 15.1 Å². The first-order valence-corrected chi connectivity index (χ1v) is 6.39. The second-order valence-corrected chi connectivity index (χ2v) is 4.27. The van der Waals surface area contributed by atoms with Crippen LogP contribution in [0.25, 0.3) is 0 Å². The van der Waals surface area contributed by atoms with Gasteiger partial charge in [-0.2, -0.15) is 5.26 Å². The molecule has 1 aliphatic heterocycles. The quantitative estimate of drug-likeness (QED) is 0.294. The molecule has 4 N–H and O–H groups in total. The highest BCUT2D eigenvalue weighted by molar-refractivity contribution is 5.97. The van der Waals surface area contributed by atoms with E-state index in [9.17, 15) is 4.79 Å². The number of piperazine rings is 1. The third-order valence-electron chi connectivity index (χ3n) is 2.96. The summed E-state index contributed by atoms with van der Waals surface area (Å²) in [5.74, 6) is -0.264. The number of nitrogens with one attached hydrogen (secondary N) is 1. The van der Waals surface area contributed by atoms with Gasteiger partial charge in [-0.1, -0.05) is 0 Å². The largest absolute Gasteiger partial charge is 0.395 e. The summed E-state index contributed by atoms with van der Waals surface area (Å²) < 4.78 is 0. The fourth-order valence-corrected chi connectivity index (χ4v) is 1.91. The number of hydrogen-bond donors (Lipinski definition) is 3. The second kappa shape index (κ2) is 8.48. The predicted octanol–water partition coefficient (Wildman–Crippen LogP) is -1.92. The van der Waals surface area contributed by atoms with E-state index < -0.39 is 0 Å². The number of rotatable bonds is 6. The Bertz CT molecular complexity index is 356. The molecule has 0 radical (unpaired) electrons. The van der Waals surface area contributed by atoms with Crippen LogP contribution in [0.1, 0.15) is 0 Å². The van der Waals surface area contributed by atoms with Gasteiger partial charge in [-0.15, -0.1) is 0 Å². The van der Waals surface area contributed by atoms with Gasteiger partial charge in [0.05, 0.1) is 6.61 Å². The highest BCUT2D eigenvalue weighted by Gasteiger charge is 2.23. The summed E-state index contributed by atoms with van der Waals surface area (Å²) in [6.07, 6.45) is 1.37. The maximum atomic E-state index is 12.1. The van der Waals surface area contributed by atoms with E-state index in [0.29, 0.717) is 26.2 Å². The van der Waals surface area contributed by atoms with E-state index in [1.807, 2.05) is 6.07 Å². The van der Waals surface area contributed by atoms with E-state index in [-0.39, 0.29) is 18.1 Å². The number of amides is 1. The summed E-state index contributed by atoms with van der Waals surface area (Å²) in [6.45, 7) is 4.51. The molecule has 0 atom stereocenters. The summed E-state index contributed by atoms with van der Waals surface area (Å²) in [4.78, 5) is 15.9. The van der Waals surface area contributed by atoms with Gasteiger partial charge >= 0.3 is 0 Å². The maximum absolute atomic E-state index is 12.1. The molecule has 0 aromatic rings. The van der Waals surface area contributed by atoms with Crippen LogP contribution in [0.2, 0.25) is 0 Å². The lowest BCUT2D eigenvalue weighted by atomic mass is 10.2. The molecule has 0 unspecified atom stereocenters. The first-order chi connectivity index (χ1) is 9.22. The highest BCUT2D eigenvalue weighted by Crippen LogP contribution is 2.06. The zero-order valence-corrected chi connectivity index (χ0v) is 11.0. The Labute approximate surface area is 113 Å². The lowest BCUT2D eigenvalue weighted by molar-refractivity contribution is -0.128. The number of nitrogens with two attached hydrogens (primary N) is 1. The van der Waals surface area contributed by atoms with E-state index in [2.05, 4.69) is 10.2 Å². The van der Waals surface area contributed by atoms with Crippen molar-refractivity contribution in [3.8, 4) is 6.07 Å². The summed E-state index contributed by atoms with van der Waals surface area (Å²) in [5.41, 5.74) is 5.56. The SMILES string of the molecule is N#C/C(=C/NCCO)C(=O)N1CCN(CCN)CC1. The molecule has 7 nitrogen and oxygen atoms in total. The Hall–Kier alpha value is -1.62. The maximum Gasteiger partial charge on any atom is 0.266 e. The summed E-state index contributed by atoms with van der Waals surface area (Å²) in [7, 11) is 0. The van der Waals surface area contributed by atoms with E-state index in [0.717, 1.165) is 19.6 Å². The summed E-state index contributed by atoms with van der Waals surface area (Å²) in [5, 5.41) is 20.3. The van der Waals surface area contributed by atoms with Gasteiger partial charge in [0.1, 0.15) is 11.6 Å². The average molecular weight is 267 g/mol. The van der Waals surface area contributed by atoms with Gasteiger partial charge in [-0.05, 0) is 0 Å². The van der Waals surface area contributed by atoms with E-state index in [4.69, 9.17) is 16.1 Å². The van der Waals surface area contributed by atoms with Crippen molar-refractivity contribution in [2.45, 2.75) is 0 Å². The number of aliphatic hydroxyl groups excluding tert-OH is 1. The van der Waals surface area contributed by atoms with Crippen LogP contribution in [-0.2, 0) is 4.79 Å². The Morgan fingerprint density at radius 2 is 2.11 bits per heavy atom. The monoisotopic (exact) mass is 267 g/mol. The number of nitrogens with zero attached hydrogens (tertiary/aromatic N) is 3. The fourth-order valence-electron chi connectivity index (χ4n) is 1.91. The molecule has 1 aliphatic rings. The molecule has 0 aromatic carbocycles. The zero-order valence-electron chi connectivity index (χ0n) is 11.0. The molecule has 1 amide bonds. The molecule has 0 spiro atoms. The van der Waals surface area contributed by atoms with E-state index in [1.165, 1.54) is 6.20 Å². The first kappa shape index (κ1) is 15.4. The van der Waals surface area contributed by atoms with Crippen LogP contribution in [0.5, 0.6) is 0 Å². The molecular weight excluding hydrogens is 246 g/mol. The van der Waals surface area contributed by atoms with E-state index >= 15 is 0 Å². The number of aliphatic hydroxyl groups is 1. The van der Waals surface area contributed by atoms with Crippen molar-refractivity contribution >= 4 is 5.91 Å². The van der Waals surface area contributed by atoms with Crippen molar-refractivity contribution in [2.75, 3.05) is 52.4 Å². The smallest absolute Gasteiger partial charge is 0.266 e. The normalized spacial score (nSPS) is 17.1. The van der Waals surface area contributed by atoms with Crippen LogP contribution in [0.3, 0.4) is 0 Å². The highest BCUT2D eigenvalue weighted by atomic mass is 16.3. The minimum Gasteiger partial charge on any atom is -0.395 e. The molecule has 0 bridgehead atoms. The Kier molecular flexibility index (Phi) is 6.89. The average Bonchev–Trinajstić information content (AvgIpc) is 2.44. The number of carbonyl (C=O) groups is 1. The first-order valence-electron chi connectivity index (χ1n) is 6.39. The van der Waals surface area contributed by atoms with Crippen LogP contribution in [0, 0.1) is 11.3 Å². The van der Waals surface area contributed by atoms with Crippen molar-refractivity contribution < 1.29 is 9.90 Å². The molecule has 0 saturated carbocycles. The summed E-state index contributed by atoms with van der Waals surface area (Å²) >= 11 is 0. The van der Waals surface area contributed by atoms with Crippen LogP contribution in [-0.4, -0.2) is 73.2 Å². The standard InChI is InChI=1S/C12H21N5O2/c13-1-3-16-4-6-17(7-5-16)12(19)11(9-14)10-15-2-8-18/h10,15,18H,1-8,13H2/b11-10-. The molecule has 106 valence electrons. The van der Waals surface area contributed by atoms with Gasteiger partial charge in [-0.25, -0.2) is 0 Å². The van der Waals surface area contributed by atoms with Gasteiger partial charge in [0, 0.05) is 52.0 Å². The van der Waals surface area contributed by atoms with Crippen LogP contribution < -0.4 is 11.1 Å². The van der Waals surface area contributed by atoms with Gasteiger partial charge in [0.2, 0.25) is 0 Å². The molecule has 1 saturated heterocycles. The Balaban J connectivity index is 2.49. The number of carbonyl (C=O) groups excluding carboxylic acids is 1. The van der Waals surface area contributed by atoms with Gasteiger partial charge in [0.15, 0.2) is 0 Å². The fraction of sp³-hybridized carbons (Fsp3) is 0.667. The molecule has 7 heteroatoms. The molecule has 1 heterocycles. The lowest BCUT2D eigenvalue weighted by Crippen LogP contribution is -2.50. The van der Waals surface area contributed by atoms with Gasteiger partial charge < -0.3 is 21.1 Å². The summed E-state index contributed by atoms with van der Waals surface area (Å²) in [6, 6.07) is 1.89. The third kappa shape index (κ3) is 4.87. The van der Waals surface area contributed by atoms with Crippen LogP contribution in [0.15, 0.2) is 11.8 Å². The second-order valence-electron chi connectivity index (χ2n) is 4.27. The van der Waals surface area contributed by atoms with Crippen molar-refractivity contribution in [3.05, 3.63) is 11.8 Å². The Morgan fingerprint density at radius 1 is 1.42 bits per heavy atom. The molecular formula is C12H21N5O2. The molecule has 1 rings (SSSR count). The van der Waals surface area contributed by atoms with Crippen LogP contribution in [0.4, 0.5) is 0 Å². The van der Waals surface area contributed by atoms with Crippen molar-refractivity contribution in [3.63, 3.8) is 0 Å². The van der Waals surface area contributed by atoms with Crippen LogP contribution >= 0.6 is 0 Å². The van der Waals surface area contributed by atoms with E-state index in [1.54, 1.807) is 4.90 Å². The van der Waals surface area contributed by atoms with Gasteiger partial charge in [-0.3, -0.25) is 9.69 Å². The minimum atomic E-state index is -0.264. The molecule has 19 heavy (non-hydrogen) atoms. The molecule has 0 aromatic heterocycles. The third-order valence-corrected chi connectivity index (χ3v) is 2.96. The predicted molar refractivity (Wildman–Crippen MR) is 70.9 cm³/mol. The minimum absolute atomic E-state index is 0.0405.